The van der Waals surface area contributed by atoms with Gasteiger partial charge in [0.2, 0.25) is 5.91 Å². The van der Waals surface area contributed by atoms with E-state index in [9.17, 15) is 23.1 Å². The lowest BCUT2D eigenvalue weighted by Gasteiger charge is -2.40. The van der Waals surface area contributed by atoms with E-state index in [0.29, 0.717) is 6.07 Å². The third-order valence-electron chi connectivity index (χ3n) is 7.56. The van der Waals surface area contributed by atoms with Crippen molar-refractivity contribution in [1.29, 1.82) is 0 Å². The lowest BCUT2D eigenvalue weighted by molar-refractivity contribution is -0.139. The average molecular weight is 646 g/mol. The molecule has 0 aromatic heterocycles. The predicted molar refractivity (Wildman–Crippen MR) is 155 cm³/mol. The fraction of sp³-hybridized carbons (Fsp3) is 0.367. The molecular formula is C30H31Cl2F5N4O2. The van der Waals surface area contributed by atoms with E-state index in [2.05, 4.69) is 10.6 Å². The Morgan fingerprint density at radius 2 is 1.77 bits per heavy atom. The van der Waals surface area contributed by atoms with Crippen molar-refractivity contribution in [2.75, 3.05) is 5.32 Å². The Hall–Kier alpha value is -2.80. The van der Waals surface area contributed by atoms with Gasteiger partial charge in [0.05, 0.1) is 22.2 Å². The Labute approximate surface area is 255 Å². The van der Waals surface area contributed by atoms with Gasteiger partial charge in [0.1, 0.15) is 17.9 Å². The maximum Gasteiger partial charge on any atom is 0.416 e. The first kappa shape index (κ1) is 33.1. The predicted octanol–water partition coefficient (Wildman–Crippen LogP) is 6.59. The van der Waals surface area contributed by atoms with Gasteiger partial charge in [-0.05, 0) is 47.7 Å². The number of halogens is 7. The topological polar surface area (TPSA) is 113 Å². The van der Waals surface area contributed by atoms with Gasteiger partial charge in [-0.15, -0.1) is 0 Å². The molecule has 3 aromatic rings. The Bertz CT molecular complexity index is 1530. The summed E-state index contributed by atoms with van der Waals surface area (Å²) in [5, 5.41) is 15.0. The molecule has 0 spiro atoms. The molecule has 4 rings (SSSR count). The van der Waals surface area contributed by atoms with Crippen LogP contribution in [0.4, 0.5) is 27.6 Å². The molecule has 1 aliphatic heterocycles. The number of hydrogen-bond donors (Lipinski definition) is 5. The summed E-state index contributed by atoms with van der Waals surface area (Å²) in [6, 6.07) is 8.51. The highest BCUT2D eigenvalue weighted by Crippen LogP contribution is 2.50. The Balaban J connectivity index is 1.89. The number of anilines is 1. The van der Waals surface area contributed by atoms with Crippen molar-refractivity contribution in [2.24, 2.45) is 16.9 Å². The van der Waals surface area contributed by atoms with Gasteiger partial charge in [0, 0.05) is 33.8 Å². The van der Waals surface area contributed by atoms with E-state index in [1.165, 1.54) is 30.3 Å². The van der Waals surface area contributed by atoms with Gasteiger partial charge in [0.15, 0.2) is 0 Å². The second-order valence-electron chi connectivity index (χ2n) is 11.9. The zero-order chi connectivity index (χ0) is 32.1. The molecule has 0 aliphatic carbocycles. The highest BCUT2D eigenvalue weighted by Gasteiger charge is 2.58. The monoisotopic (exact) mass is 644 g/mol. The van der Waals surface area contributed by atoms with Gasteiger partial charge in [0.25, 0.3) is 0 Å². The van der Waals surface area contributed by atoms with Crippen LogP contribution in [0.15, 0.2) is 54.6 Å². The summed E-state index contributed by atoms with van der Waals surface area (Å²) < 4.78 is 72.5. The average Bonchev–Trinajstić information content (AvgIpc) is 3.16. The normalized spacial score (nSPS) is 23.3. The molecule has 3 aromatic carbocycles. The molecule has 13 heteroatoms. The van der Waals surface area contributed by atoms with E-state index < -0.39 is 70.0 Å². The second kappa shape index (κ2) is 11.9. The van der Waals surface area contributed by atoms with Crippen LogP contribution in [0.3, 0.4) is 0 Å². The molecule has 1 fully saturated rings. The van der Waals surface area contributed by atoms with E-state index in [1.807, 2.05) is 20.8 Å². The molecule has 0 saturated carbocycles. The molecule has 1 saturated heterocycles. The van der Waals surface area contributed by atoms with Crippen LogP contribution in [-0.4, -0.2) is 23.1 Å². The molecule has 5 unspecified atom stereocenters. The van der Waals surface area contributed by atoms with Crippen LogP contribution < -0.4 is 22.1 Å². The van der Waals surface area contributed by atoms with Gasteiger partial charge in [-0.3, -0.25) is 4.79 Å². The number of nitrogens with two attached hydrogens (primary N) is 2. The number of carbonyl (C=O) groups excluding carboxylic acids is 1. The third-order valence-corrected chi connectivity index (χ3v) is 8.09. The number of aliphatic hydroxyl groups is 1. The summed E-state index contributed by atoms with van der Waals surface area (Å²) in [6.07, 6.45) is -6.53. The summed E-state index contributed by atoms with van der Waals surface area (Å²) in [7, 11) is 0. The second-order valence-corrected chi connectivity index (χ2v) is 12.7. The van der Waals surface area contributed by atoms with Crippen molar-refractivity contribution in [2.45, 2.75) is 63.1 Å². The minimum atomic E-state index is -4.90. The maximum atomic E-state index is 15.7. The Morgan fingerprint density at radius 1 is 1.09 bits per heavy atom. The molecule has 6 nitrogen and oxygen atoms in total. The minimum Gasteiger partial charge on any atom is -0.375 e. The highest BCUT2D eigenvalue weighted by atomic mass is 35.5. The number of carbonyl (C=O) groups is 1. The van der Waals surface area contributed by atoms with E-state index in [1.54, 1.807) is 0 Å². The molecule has 1 aliphatic rings. The number of nitrogens with one attached hydrogen (secondary N) is 2. The zero-order valence-electron chi connectivity index (χ0n) is 23.4. The molecule has 232 valence electrons. The zero-order valence-corrected chi connectivity index (χ0v) is 24.9. The van der Waals surface area contributed by atoms with Crippen molar-refractivity contribution in [1.82, 2.24) is 5.32 Å². The minimum absolute atomic E-state index is 0.0426. The van der Waals surface area contributed by atoms with Crippen molar-refractivity contribution >= 4 is 34.8 Å². The number of amides is 1. The van der Waals surface area contributed by atoms with Crippen molar-refractivity contribution in [3.05, 3.63) is 98.5 Å². The van der Waals surface area contributed by atoms with E-state index in [4.69, 9.17) is 34.7 Å². The third kappa shape index (κ3) is 6.67. The molecule has 1 heterocycles. The number of aliphatic hydroxyl groups excluding tert-OH is 1. The summed E-state index contributed by atoms with van der Waals surface area (Å²) >= 11 is 12.1. The van der Waals surface area contributed by atoms with Crippen LogP contribution in [-0.2, 0) is 16.5 Å². The molecule has 1 amide bonds. The van der Waals surface area contributed by atoms with E-state index in [0.717, 1.165) is 18.2 Å². The van der Waals surface area contributed by atoms with E-state index in [-0.39, 0.29) is 33.3 Å². The number of hydrogen-bond acceptors (Lipinski definition) is 5. The summed E-state index contributed by atoms with van der Waals surface area (Å²) in [4.78, 5) is 13.9. The van der Waals surface area contributed by atoms with Crippen molar-refractivity contribution in [3.63, 3.8) is 0 Å². The van der Waals surface area contributed by atoms with Crippen molar-refractivity contribution < 1.29 is 31.9 Å². The SMILES string of the molecule is CC(C)(C)CC1NC(C(=O)Nc2ccc(C(N)O)c(C(F)(F)F)c2)C(c2cccc(Cl)c2F)C1(N)c1ccc(Cl)cc1F. The summed E-state index contributed by atoms with van der Waals surface area (Å²) in [5.41, 5.74) is 7.98. The lowest BCUT2D eigenvalue weighted by atomic mass is 9.68. The van der Waals surface area contributed by atoms with Crippen LogP contribution in [0, 0.1) is 17.0 Å². The number of alkyl halides is 3. The van der Waals surface area contributed by atoms with Gasteiger partial charge < -0.3 is 27.2 Å². The first-order valence-corrected chi connectivity index (χ1v) is 14.0. The molecule has 7 N–H and O–H groups in total. The fourth-order valence-corrected chi connectivity index (χ4v) is 6.10. The maximum absolute atomic E-state index is 15.7. The van der Waals surface area contributed by atoms with Crippen molar-refractivity contribution in [3.8, 4) is 0 Å². The van der Waals surface area contributed by atoms with Crippen LogP contribution in [0.2, 0.25) is 10.0 Å². The van der Waals surface area contributed by atoms with Gasteiger partial charge in [-0.1, -0.05) is 68.2 Å². The smallest absolute Gasteiger partial charge is 0.375 e. The largest absolute Gasteiger partial charge is 0.416 e. The lowest BCUT2D eigenvalue weighted by Crippen LogP contribution is -2.52. The molecule has 43 heavy (non-hydrogen) atoms. The van der Waals surface area contributed by atoms with Crippen LogP contribution >= 0.6 is 23.2 Å². The first-order valence-electron chi connectivity index (χ1n) is 13.2. The Kier molecular flexibility index (Phi) is 9.20. The van der Waals surface area contributed by atoms with Gasteiger partial charge >= 0.3 is 6.18 Å². The highest BCUT2D eigenvalue weighted by molar-refractivity contribution is 6.31. The van der Waals surface area contributed by atoms with Crippen LogP contribution in [0.1, 0.15) is 61.6 Å². The summed E-state index contributed by atoms with van der Waals surface area (Å²) in [6.45, 7) is 5.71. The summed E-state index contributed by atoms with van der Waals surface area (Å²) in [5.74, 6) is -3.81. The number of rotatable bonds is 6. The first-order chi connectivity index (χ1) is 19.8. The van der Waals surface area contributed by atoms with Gasteiger partial charge in [-0.25, -0.2) is 8.78 Å². The molecule has 0 radical (unpaired) electrons. The standard InChI is InChI=1S/C30H31Cl2F5N4O2/c1-28(2,3)13-22-29(39,18-10-7-14(31)11-21(18)33)23(17-5-4-6-20(32)24(17)34)25(41-22)27(43)40-15-8-9-16(26(38)42)19(12-15)30(35,36)37/h4-12,22-23,25-26,41-42H,13,38-39H2,1-3H3,(H,40,43). The fourth-order valence-electron chi connectivity index (χ4n) is 5.76. The van der Waals surface area contributed by atoms with Crippen LogP contribution in [0.5, 0.6) is 0 Å². The quantitative estimate of drug-likeness (QED) is 0.153. The Morgan fingerprint density at radius 3 is 2.35 bits per heavy atom. The molecule has 5 atom stereocenters. The molecular weight excluding hydrogens is 614 g/mol. The van der Waals surface area contributed by atoms with Crippen LogP contribution in [0.25, 0.3) is 0 Å². The number of benzene rings is 3. The van der Waals surface area contributed by atoms with E-state index >= 15 is 8.78 Å². The van der Waals surface area contributed by atoms with Gasteiger partial charge in [-0.2, -0.15) is 13.2 Å². The molecule has 0 bridgehead atoms.